The van der Waals surface area contributed by atoms with Gasteiger partial charge in [-0.2, -0.15) is 0 Å². The van der Waals surface area contributed by atoms with Gasteiger partial charge in [-0.15, -0.1) is 0 Å². The molecule has 2 atom stereocenters. The van der Waals surface area contributed by atoms with Crippen molar-refractivity contribution in [2.45, 2.75) is 24.8 Å². The van der Waals surface area contributed by atoms with Crippen molar-refractivity contribution in [1.29, 1.82) is 0 Å². The number of ether oxygens (including phenoxy) is 2. The molecule has 2 rings (SSSR count). The molecule has 0 spiro atoms. The third-order valence-electron chi connectivity index (χ3n) is 3.50. The molecule has 26 heavy (non-hydrogen) atoms. The normalized spacial score (nSPS) is 12.7. The molecule has 1 N–H and O–H groups in total. The molecule has 0 saturated heterocycles. The van der Waals surface area contributed by atoms with E-state index < -0.39 is 28.8 Å². The topological polar surface area (TPSA) is 81.7 Å². The fraction of sp³-hybridized carbons (Fsp3) is 0.263. The lowest BCUT2D eigenvalue weighted by molar-refractivity contribution is -0.123. The summed E-state index contributed by atoms with van der Waals surface area (Å²) in [6, 6.07) is 13.3. The molecule has 0 aliphatic rings. The third-order valence-corrected chi connectivity index (χ3v) is 4.48. The lowest BCUT2D eigenvalue weighted by atomic mass is 10.2. The van der Waals surface area contributed by atoms with Crippen molar-refractivity contribution < 1.29 is 23.3 Å². The van der Waals surface area contributed by atoms with Crippen LogP contribution in [0.5, 0.6) is 5.75 Å². The van der Waals surface area contributed by atoms with Crippen LogP contribution >= 0.6 is 0 Å². The Morgan fingerprint density at radius 1 is 1.12 bits per heavy atom. The Hall–Kier alpha value is -2.67. The lowest BCUT2D eigenvalue weighted by Gasteiger charge is -2.15. The van der Waals surface area contributed by atoms with Gasteiger partial charge < -0.3 is 14.8 Å². The fourth-order valence-corrected chi connectivity index (χ4v) is 2.94. The van der Waals surface area contributed by atoms with Gasteiger partial charge in [-0.25, -0.2) is 4.79 Å². The molecule has 7 heteroatoms. The Balaban J connectivity index is 2.00. The smallest absolute Gasteiger partial charge is 0.340 e. The van der Waals surface area contributed by atoms with Gasteiger partial charge in [-0.1, -0.05) is 12.1 Å². The Morgan fingerprint density at radius 3 is 2.38 bits per heavy atom. The number of carbonyl (C=O) groups excluding carboxylic acids is 2. The number of amides is 1. The molecule has 138 valence electrons. The van der Waals surface area contributed by atoms with E-state index in [1.807, 2.05) is 6.92 Å². The largest absolute Gasteiger partial charge is 0.494 e. The van der Waals surface area contributed by atoms with Gasteiger partial charge in [-0.05, 0) is 50.2 Å². The first-order chi connectivity index (χ1) is 12.4. The minimum Gasteiger partial charge on any atom is -0.494 e. The number of esters is 1. The first-order valence-corrected chi connectivity index (χ1v) is 9.65. The van der Waals surface area contributed by atoms with E-state index >= 15 is 0 Å². The van der Waals surface area contributed by atoms with Gasteiger partial charge in [0.05, 0.1) is 27.9 Å². The summed E-state index contributed by atoms with van der Waals surface area (Å²) in [4.78, 5) is 24.9. The van der Waals surface area contributed by atoms with E-state index in [4.69, 9.17) is 9.47 Å². The highest BCUT2D eigenvalue weighted by Crippen LogP contribution is 2.17. The molecule has 0 unspecified atom stereocenters. The summed E-state index contributed by atoms with van der Waals surface area (Å²) in [6.45, 7) is 3.92. The molecule has 0 saturated carbocycles. The molecule has 6 nitrogen and oxygen atoms in total. The average molecular weight is 375 g/mol. The second-order valence-corrected chi connectivity index (χ2v) is 6.79. The van der Waals surface area contributed by atoms with Crippen LogP contribution in [-0.2, 0) is 20.3 Å². The first kappa shape index (κ1) is 19.7. The third kappa shape index (κ3) is 5.16. The molecule has 0 fully saturated rings. The molecule has 2 aromatic carbocycles. The van der Waals surface area contributed by atoms with Crippen LogP contribution in [-0.4, -0.2) is 35.1 Å². The summed E-state index contributed by atoms with van der Waals surface area (Å²) < 4.78 is 22.3. The quantitative estimate of drug-likeness (QED) is 0.753. The van der Waals surface area contributed by atoms with Crippen molar-refractivity contribution in [2.24, 2.45) is 0 Å². The van der Waals surface area contributed by atoms with E-state index in [-0.39, 0.29) is 5.56 Å². The van der Waals surface area contributed by atoms with Gasteiger partial charge in [0.2, 0.25) is 0 Å². The molecule has 2 aromatic rings. The predicted octanol–water partition coefficient (Wildman–Crippen LogP) is 3.01. The Morgan fingerprint density at radius 2 is 1.77 bits per heavy atom. The first-order valence-electron chi connectivity index (χ1n) is 8.09. The number of nitrogens with one attached hydrogen (secondary N) is 1. The van der Waals surface area contributed by atoms with Crippen molar-refractivity contribution in [3.8, 4) is 5.75 Å². The molecule has 0 bridgehead atoms. The van der Waals surface area contributed by atoms with Crippen molar-refractivity contribution in [3.05, 3.63) is 54.1 Å². The number of hydrogen-bond donors (Lipinski definition) is 1. The van der Waals surface area contributed by atoms with Crippen LogP contribution in [0.25, 0.3) is 0 Å². The van der Waals surface area contributed by atoms with E-state index in [0.717, 1.165) is 0 Å². The average Bonchev–Trinajstić information content (AvgIpc) is 2.63. The molecular weight excluding hydrogens is 354 g/mol. The molecule has 1 amide bonds. The summed E-state index contributed by atoms with van der Waals surface area (Å²) in [5.74, 6) is -0.447. The molecule has 0 heterocycles. The van der Waals surface area contributed by atoms with Crippen molar-refractivity contribution >= 4 is 28.4 Å². The second-order valence-electron chi connectivity index (χ2n) is 5.44. The summed E-state index contributed by atoms with van der Waals surface area (Å²) in [7, 11) is -1.34. The van der Waals surface area contributed by atoms with Crippen LogP contribution < -0.4 is 10.1 Å². The van der Waals surface area contributed by atoms with Crippen LogP contribution in [0.2, 0.25) is 0 Å². The van der Waals surface area contributed by atoms with Gasteiger partial charge >= 0.3 is 5.97 Å². The Labute approximate surface area is 155 Å². The second kappa shape index (κ2) is 9.15. The number of benzene rings is 2. The minimum atomic E-state index is -1.34. The van der Waals surface area contributed by atoms with Crippen LogP contribution in [0.15, 0.2) is 53.4 Å². The summed E-state index contributed by atoms with van der Waals surface area (Å²) in [6.07, 6.45) is 0.473. The summed E-state index contributed by atoms with van der Waals surface area (Å²) in [5.41, 5.74) is 0.755. The van der Waals surface area contributed by atoms with E-state index in [0.29, 0.717) is 22.9 Å². The lowest BCUT2D eigenvalue weighted by Crippen LogP contribution is -2.30. The maximum Gasteiger partial charge on any atom is 0.340 e. The van der Waals surface area contributed by atoms with Crippen molar-refractivity contribution in [2.75, 3.05) is 18.2 Å². The fourth-order valence-electron chi connectivity index (χ4n) is 2.21. The van der Waals surface area contributed by atoms with Gasteiger partial charge in [0.15, 0.2) is 6.10 Å². The Kier molecular flexibility index (Phi) is 6.91. The maximum atomic E-state index is 12.3. The number of hydrogen-bond acceptors (Lipinski definition) is 5. The van der Waals surface area contributed by atoms with Gasteiger partial charge in [0, 0.05) is 11.9 Å². The van der Waals surface area contributed by atoms with Gasteiger partial charge in [0.25, 0.3) is 5.91 Å². The van der Waals surface area contributed by atoms with E-state index in [9.17, 15) is 13.8 Å². The van der Waals surface area contributed by atoms with Crippen molar-refractivity contribution in [3.63, 3.8) is 0 Å². The van der Waals surface area contributed by atoms with Crippen LogP contribution in [0.1, 0.15) is 24.2 Å². The number of anilines is 1. The van der Waals surface area contributed by atoms with E-state index in [2.05, 4.69) is 5.32 Å². The highest BCUT2D eigenvalue weighted by atomic mass is 32.2. The van der Waals surface area contributed by atoms with Crippen LogP contribution in [0.3, 0.4) is 0 Å². The van der Waals surface area contributed by atoms with E-state index in [1.165, 1.54) is 19.2 Å². The summed E-state index contributed by atoms with van der Waals surface area (Å²) in [5, 5.41) is 2.67. The van der Waals surface area contributed by atoms with Crippen LogP contribution in [0.4, 0.5) is 5.69 Å². The molecular formula is C19H21NO5S. The zero-order chi connectivity index (χ0) is 19.1. The zero-order valence-corrected chi connectivity index (χ0v) is 15.7. The molecule has 0 aliphatic heterocycles. The summed E-state index contributed by atoms with van der Waals surface area (Å²) >= 11 is 0. The van der Waals surface area contributed by atoms with E-state index in [1.54, 1.807) is 42.5 Å². The standard InChI is InChI=1S/C19H21NO5S/c1-4-24-15-11-9-14(10-12-15)20-18(21)13(2)25-19(22)16-7-5-6-8-17(16)26(3)23/h5-13H,4H2,1-3H3,(H,20,21)/t13-,26-/m0/s1. The SMILES string of the molecule is CCOc1ccc(NC(=O)[C@H](C)OC(=O)c2ccccc2[S@](C)=O)cc1. The number of rotatable bonds is 7. The molecule has 0 aliphatic carbocycles. The zero-order valence-electron chi connectivity index (χ0n) is 14.9. The predicted molar refractivity (Wildman–Crippen MR) is 99.9 cm³/mol. The highest BCUT2D eigenvalue weighted by Gasteiger charge is 2.21. The number of carbonyl (C=O) groups is 2. The maximum absolute atomic E-state index is 12.3. The highest BCUT2D eigenvalue weighted by molar-refractivity contribution is 7.84. The molecule has 0 radical (unpaired) electrons. The van der Waals surface area contributed by atoms with Gasteiger partial charge in [0.1, 0.15) is 5.75 Å². The van der Waals surface area contributed by atoms with Gasteiger partial charge in [-0.3, -0.25) is 9.00 Å². The monoisotopic (exact) mass is 375 g/mol. The Bertz CT molecular complexity index is 804. The molecule has 0 aromatic heterocycles. The van der Waals surface area contributed by atoms with Crippen LogP contribution in [0, 0.1) is 0 Å². The minimum absolute atomic E-state index is 0.189. The van der Waals surface area contributed by atoms with Crippen molar-refractivity contribution in [1.82, 2.24) is 0 Å².